The molecule has 0 bridgehead atoms. The molecule has 0 spiro atoms. The molecule has 0 heterocycles. The van der Waals surface area contributed by atoms with Crippen LogP contribution in [-0.2, 0) is 32.6 Å². The summed E-state index contributed by atoms with van der Waals surface area (Å²) in [5.74, 6) is -0.820. The highest BCUT2D eigenvalue weighted by Gasteiger charge is 2.35. The third-order valence-corrected chi connectivity index (χ3v) is 10.5. The Labute approximate surface area is 285 Å². The summed E-state index contributed by atoms with van der Waals surface area (Å²) in [4.78, 5) is 30.0. The number of hydrogen-bond acceptors (Lipinski definition) is 4. The first-order valence-electron chi connectivity index (χ1n) is 15.2. The first-order valence-corrected chi connectivity index (χ1v) is 17.8. The number of rotatable bonds is 14. The molecule has 0 aromatic heterocycles. The fourth-order valence-electron chi connectivity index (χ4n) is 5.06. The number of aryl methyl sites for hydroxylation is 1. The SMILES string of the molecule is CCCCNC(=O)[C@@H](Cc1ccccc1)N(Cc1ccc(Br)cc1)C(=O)CN(c1cccc(Cl)c1C)S(=O)(=O)c1ccc(C)cc1. The largest absolute Gasteiger partial charge is 0.354 e. The highest BCUT2D eigenvalue weighted by atomic mass is 79.9. The number of carbonyl (C=O) groups excluding carboxylic acids is 2. The third-order valence-electron chi connectivity index (χ3n) is 7.76. The van der Waals surface area contributed by atoms with Crippen LogP contribution in [0, 0.1) is 13.8 Å². The Balaban J connectivity index is 1.81. The lowest BCUT2D eigenvalue weighted by Crippen LogP contribution is -2.53. The Bertz CT molecular complexity index is 1730. The van der Waals surface area contributed by atoms with Crippen LogP contribution in [0.2, 0.25) is 5.02 Å². The van der Waals surface area contributed by atoms with Crippen LogP contribution in [0.4, 0.5) is 5.69 Å². The van der Waals surface area contributed by atoms with Crippen LogP contribution in [0.3, 0.4) is 0 Å². The lowest BCUT2D eigenvalue weighted by molar-refractivity contribution is -0.140. The number of hydrogen-bond donors (Lipinski definition) is 1. The van der Waals surface area contributed by atoms with Crippen LogP contribution in [0.25, 0.3) is 0 Å². The van der Waals surface area contributed by atoms with Gasteiger partial charge in [-0.3, -0.25) is 13.9 Å². The van der Waals surface area contributed by atoms with E-state index in [0.29, 0.717) is 17.1 Å². The van der Waals surface area contributed by atoms with E-state index in [0.717, 1.165) is 38.3 Å². The van der Waals surface area contributed by atoms with Crippen LogP contribution in [0.15, 0.2) is 106 Å². The summed E-state index contributed by atoms with van der Waals surface area (Å²) >= 11 is 9.93. The van der Waals surface area contributed by atoms with Crippen LogP contribution >= 0.6 is 27.5 Å². The van der Waals surface area contributed by atoms with Crippen molar-refractivity contribution in [3.63, 3.8) is 0 Å². The van der Waals surface area contributed by atoms with E-state index in [-0.39, 0.29) is 29.5 Å². The van der Waals surface area contributed by atoms with Crippen molar-refractivity contribution in [2.24, 2.45) is 0 Å². The summed E-state index contributed by atoms with van der Waals surface area (Å²) in [5.41, 5.74) is 3.38. The molecule has 7 nitrogen and oxygen atoms in total. The Morgan fingerprint density at radius 2 is 1.54 bits per heavy atom. The molecule has 4 aromatic carbocycles. The molecule has 1 N–H and O–H groups in total. The number of nitrogens with one attached hydrogen (secondary N) is 1. The molecule has 0 saturated carbocycles. The molecule has 242 valence electrons. The van der Waals surface area contributed by atoms with Gasteiger partial charge in [0.2, 0.25) is 11.8 Å². The summed E-state index contributed by atoms with van der Waals surface area (Å²) in [6, 6.07) is 27.6. The summed E-state index contributed by atoms with van der Waals surface area (Å²) in [7, 11) is -4.22. The number of nitrogens with zero attached hydrogens (tertiary/aromatic N) is 2. The van der Waals surface area contributed by atoms with Crippen LogP contribution in [-0.4, -0.2) is 44.3 Å². The van der Waals surface area contributed by atoms with Crippen molar-refractivity contribution in [2.75, 3.05) is 17.4 Å². The molecule has 0 saturated heterocycles. The van der Waals surface area contributed by atoms with E-state index in [4.69, 9.17) is 11.6 Å². The maximum absolute atomic E-state index is 14.6. The van der Waals surface area contributed by atoms with Gasteiger partial charge >= 0.3 is 0 Å². The molecule has 1 atom stereocenters. The second-order valence-corrected chi connectivity index (χ2v) is 14.4. The van der Waals surface area contributed by atoms with E-state index in [9.17, 15) is 18.0 Å². The smallest absolute Gasteiger partial charge is 0.264 e. The number of unbranched alkanes of at least 4 members (excludes halogenated alkanes) is 1. The molecule has 0 radical (unpaired) electrons. The van der Waals surface area contributed by atoms with Gasteiger partial charge in [-0.05, 0) is 73.4 Å². The lowest BCUT2D eigenvalue weighted by atomic mass is 10.0. The first-order chi connectivity index (χ1) is 22.0. The summed E-state index contributed by atoms with van der Waals surface area (Å²) in [5, 5.41) is 3.38. The number of halogens is 2. The molecule has 0 fully saturated rings. The van der Waals surface area contributed by atoms with Crippen LogP contribution < -0.4 is 9.62 Å². The van der Waals surface area contributed by atoms with Crippen molar-refractivity contribution in [3.8, 4) is 0 Å². The average molecular weight is 725 g/mol. The van der Waals surface area contributed by atoms with Gasteiger partial charge in [0.05, 0.1) is 10.6 Å². The average Bonchev–Trinajstić information content (AvgIpc) is 3.04. The van der Waals surface area contributed by atoms with Crippen LogP contribution in [0.5, 0.6) is 0 Å². The van der Waals surface area contributed by atoms with Crippen molar-refractivity contribution in [2.45, 2.75) is 57.5 Å². The summed E-state index contributed by atoms with van der Waals surface area (Å²) < 4.78 is 30.5. The number of amides is 2. The molecule has 0 unspecified atom stereocenters. The zero-order chi connectivity index (χ0) is 33.3. The predicted molar refractivity (Wildman–Crippen MR) is 188 cm³/mol. The van der Waals surface area contributed by atoms with Crippen molar-refractivity contribution >= 4 is 55.1 Å². The second kappa shape index (κ2) is 16.3. The van der Waals surface area contributed by atoms with Crippen LogP contribution in [0.1, 0.15) is 42.0 Å². The maximum Gasteiger partial charge on any atom is 0.264 e. The zero-order valence-electron chi connectivity index (χ0n) is 26.2. The van der Waals surface area contributed by atoms with Gasteiger partial charge in [-0.2, -0.15) is 0 Å². The van der Waals surface area contributed by atoms with Gasteiger partial charge in [-0.1, -0.05) is 107 Å². The first kappa shape index (κ1) is 35.2. The molecule has 0 aliphatic rings. The molecule has 46 heavy (non-hydrogen) atoms. The number of carbonyl (C=O) groups is 2. The minimum absolute atomic E-state index is 0.0443. The molecule has 2 amide bonds. The predicted octanol–water partition coefficient (Wildman–Crippen LogP) is 7.47. The number of anilines is 1. The van der Waals surface area contributed by atoms with E-state index < -0.39 is 28.5 Å². The van der Waals surface area contributed by atoms with Gasteiger partial charge in [0, 0.05) is 29.0 Å². The Morgan fingerprint density at radius 3 is 2.20 bits per heavy atom. The van der Waals surface area contributed by atoms with E-state index in [1.807, 2.05) is 68.4 Å². The molecule has 4 rings (SSSR count). The van der Waals surface area contributed by atoms with Gasteiger partial charge in [0.15, 0.2) is 0 Å². The molecular formula is C36H39BrClN3O4S. The molecule has 4 aromatic rings. The number of benzene rings is 4. The molecule has 0 aliphatic carbocycles. The quantitative estimate of drug-likeness (QED) is 0.137. The topological polar surface area (TPSA) is 86.8 Å². The fourth-order valence-corrected chi connectivity index (χ4v) is 6.97. The fraction of sp³-hybridized carbons (Fsp3) is 0.278. The summed E-state index contributed by atoms with van der Waals surface area (Å²) in [6.45, 7) is 5.66. The normalized spacial score (nSPS) is 11.9. The standard InChI is InChI=1S/C36H39BrClN3O4S/c1-4-5-22-39-36(43)34(23-28-10-7-6-8-11-28)40(24-29-16-18-30(37)19-17-29)35(42)25-41(33-13-9-12-32(38)27(33)3)46(44,45)31-20-14-26(2)15-21-31/h6-21,34H,4-5,22-25H2,1-3H3,(H,39,43)/t34-/m1/s1. The van der Waals surface area contributed by atoms with E-state index >= 15 is 0 Å². The maximum atomic E-state index is 14.6. The number of sulfonamides is 1. The third kappa shape index (κ3) is 8.99. The van der Waals surface area contributed by atoms with Gasteiger partial charge in [-0.15, -0.1) is 0 Å². The van der Waals surface area contributed by atoms with Crippen molar-refractivity contribution in [1.82, 2.24) is 10.2 Å². The van der Waals surface area contributed by atoms with Gasteiger partial charge in [0.25, 0.3) is 10.0 Å². The monoisotopic (exact) mass is 723 g/mol. The van der Waals surface area contributed by atoms with Crippen molar-refractivity contribution in [3.05, 3.63) is 129 Å². The van der Waals surface area contributed by atoms with E-state index in [1.54, 1.807) is 37.3 Å². The van der Waals surface area contributed by atoms with E-state index in [2.05, 4.69) is 21.2 Å². The van der Waals surface area contributed by atoms with Gasteiger partial charge in [0.1, 0.15) is 12.6 Å². The van der Waals surface area contributed by atoms with Gasteiger partial charge in [-0.25, -0.2) is 8.42 Å². The van der Waals surface area contributed by atoms with Gasteiger partial charge < -0.3 is 10.2 Å². The zero-order valence-corrected chi connectivity index (χ0v) is 29.4. The Morgan fingerprint density at radius 1 is 0.870 bits per heavy atom. The van der Waals surface area contributed by atoms with Crippen molar-refractivity contribution in [1.29, 1.82) is 0 Å². The molecular weight excluding hydrogens is 686 g/mol. The Kier molecular flexibility index (Phi) is 12.4. The van der Waals surface area contributed by atoms with Crippen molar-refractivity contribution < 1.29 is 18.0 Å². The molecule has 10 heteroatoms. The highest BCUT2D eigenvalue weighted by Crippen LogP contribution is 2.31. The lowest BCUT2D eigenvalue weighted by Gasteiger charge is -2.34. The Hall–Kier alpha value is -3.66. The van der Waals surface area contributed by atoms with E-state index in [1.165, 1.54) is 17.0 Å². The molecule has 0 aliphatic heterocycles. The second-order valence-electron chi connectivity index (χ2n) is 11.2. The minimum atomic E-state index is -4.22. The summed E-state index contributed by atoms with van der Waals surface area (Å²) in [6.07, 6.45) is 1.94. The minimum Gasteiger partial charge on any atom is -0.354 e. The highest BCUT2D eigenvalue weighted by molar-refractivity contribution is 9.10.